The Hall–Kier alpha value is -8.04. The van der Waals surface area contributed by atoms with Crippen LogP contribution in [0.15, 0.2) is 275 Å². The van der Waals surface area contributed by atoms with E-state index in [2.05, 4.69) is 19.0 Å². The third-order valence-electron chi connectivity index (χ3n) is 16.2. The largest absolute Gasteiger partial charge is 2.00 e. The fourth-order valence-electron chi connectivity index (χ4n) is 11.4. The number of carbonyl (C=O) groups excluding carboxylic acids is 2. The van der Waals surface area contributed by atoms with Gasteiger partial charge in [0.2, 0.25) is 20.2 Å². The molecule has 0 spiro atoms. The fourth-order valence-corrected chi connectivity index (χ4v) is 14.1. The molecule has 23 heteroatoms. The second-order valence-electron chi connectivity index (χ2n) is 22.4. The maximum atomic E-state index is 13.0. The first-order valence-corrected chi connectivity index (χ1v) is 36.5. The van der Waals surface area contributed by atoms with E-state index in [1.807, 2.05) is 198 Å². The summed E-state index contributed by atoms with van der Waals surface area (Å²) in [5.41, 5.74) is 10.5. The second kappa shape index (κ2) is 33.0. The van der Waals surface area contributed by atoms with Gasteiger partial charge in [-0.2, -0.15) is 0 Å². The van der Waals surface area contributed by atoms with Gasteiger partial charge in [-0.3, -0.25) is 27.8 Å². The molecule has 0 aromatic heterocycles. The number of anilines is 2. The molecule has 0 saturated heterocycles. The molecule has 6 aromatic carbocycles. The molecule has 6 aromatic rings. The van der Waals surface area contributed by atoms with Crippen LogP contribution < -0.4 is 9.80 Å². The molecule has 0 radical (unpaired) electrons. The minimum Gasteiger partial charge on any atom is -0.744 e. The van der Waals surface area contributed by atoms with Crippen molar-refractivity contribution in [1.82, 2.24) is 0 Å². The standard InChI is InChI=1S/2C37H36N2O7S2.Ca/c2*1-3-38(25-27-11-7-5-8-12-27)31-19-15-29(16-20-31)37(33-23-34(40)36(48(44,45)46)24-35(33)47(41,42)43)30-17-21-32(22-18-30)39(4-2)26-28-13-9-6-10-14-28;/h2*5-24H,3-4,25-26H2,1-2H3,(H2-,40,41,42,43,44,45,46);/q;;+2. The Kier molecular flexibility index (Phi) is 25.4. The average molecular weight is 1410 g/mol. The maximum absolute atomic E-state index is 13.0. The van der Waals surface area contributed by atoms with Gasteiger partial charge >= 0.3 is 37.7 Å². The zero-order valence-corrected chi connectivity index (χ0v) is 59.2. The zero-order chi connectivity index (χ0) is 69.0. The molecular formula is C74H72CaN4O14S4+2. The number of rotatable bonds is 20. The quantitative estimate of drug-likeness (QED) is 0.0239. The van der Waals surface area contributed by atoms with Gasteiger partial charge in [-0.15, -0.1) is 0 Å². The second-order valence-corrected chi connectivity index (χ2v) is 28.0. The van der Waals surface area contributed by atoms with Gasteiger partial charge in [0.15, 0.2) is 36.1 Å². The van der Waals surface area contributed by atoms with Crippen LogP contribution >= 0.6 is 0 Å². The predicted octanol–water partition coefficient (Wildman–Crippen LogP) is 10.8. The van der Waals surface area contributed by atoms with Crippen molar-refractivity contribution in [3.8, 4) is 0 Å². The van der Waals surface area contributed by atoms with Crippen LogP contribution in [0.25, 0.3) is 11.1 Å². The summed E-state index contributed by atoms with van der Waals surface area (Å²) in [6.07, 6.45) is 17.4. The molecule has 4 N–H and O–H groups in total. The summed E-state index contributed by atoms with van der Waals surface area (Å²) in [6.45, 7) is 13.7. The van der Waals surface area contributed by atoms with E-state index in [1.165, 1.54) is 0 Å². The van der Waals surface area contributed by atoms with E-state index in [9.17, 15) is 62.2 Å². The van der Waals surface area contributed by atoms with Crippen molar-refractivity contribution < 1.29 is 71.3 Å². The molecular weight excluding hydrogens is 1340 g/mol. The van der Waals surface area contributed by atoms with Crippen molar-refractivity contribution in [3.05, 3.63) is 308 Å². The summed E-state index contributed by atoms with van der Waals surface area (Å²) in [5.74, 6) is -2.31. The van der Waals surface area contributed by atoms with Crippen LogP contribution in [-0.2, 0) is 76.2 Å². The minimum absolute atomic E-state index is 0. The first kappa shape index (κ1) is 74.7. The van der Waals surface area contributed by atoms with E-state index in [0.717, 1.165) is 83.4 Å². The molecule has 4 aliphatic rings. The average Bonchev–Trinajstić information content (AvgIpc) is 0.774. The van der Waals surface area contributed by atoms with Crippen molar-refractivity contribution in [1.29, 1.82) is 0 Å². The molecule has 0 fully saturated rings. The Morgan fingerprint density at radius 3 is 0.948 bits per heavy atom. The minimum atomic E-state index is -5.31. The Bertz CT molecular complexity index is 4540. The maximum Gasteiger partial charge on any atom is 2.00 e. The molecule has 0 amide bonds. The van der Waals surface area contributed by atoms with Gasteiger partial charge in [0.25, 0.3) is 0 Å². The third kappa shape index (κ3) is 19.2. The molecule has 4 aliphatic carbocycles. The van der Waals surface area contributed by atoms with Crippen LogP contribution in [0.5, 0.6) is 0 Å². The predicted molar refractivity (Wildman–Crippen MR) is 386 cm³/mol. The molecule has 0 heterocycles. The Morgan fingerprint density at radius 1 is 0.402 bits per heavy atom. The number of benzene rings is 6. The molecule has 496 valence electrons. The number of carbonyl (C=O) groups is 2. The van der Waals surface area contributed by atoms with E-state index < -0.39 is 71.5 Å². The van der Waals surface area contributed by atoms with Crippen LogP contribution in [0.3, 0.4) is 0 Å². The summed E-state index contributed by atoms with van der Waals surface area (Å²) in [5, 5.41) is 0. The Balaban J connectivity index is 0.000000245. The van der Waals surface area contributed by atoms with Gasteiger partial charge < -0.3 is 18.9 Å². The van der Waals surface area contributed by atoms with Crippen LogP contribution in [0, 0.1) is 0 Å². The van der Waals surface area contributed by atoms with Crippen LogP contribution in [0.4, 0.5) is 11.4 Å². The van der Waals surface area contributed by atoms with Gasteiger partial charge in [-0.25, -0.2) is 34.4 Å². The molecule has 0 atom stereocenters. The molecule has 10 rings (SSSR count). The van der Waals surface area contributed by atoms with E-state index >= 15 is 0 Å². The SMILES string of the molecule is CCN(Cc1ccccc1)c1ccc(C(C2=CC(=O)C(S(=O)(=O)[O-])=CC2=S(=O)(O)O)=C2C=CC(=[N+](CC)Cc3ccccc3)C=C2)cc1.CCN(Cc1ccccc1)c1ccc(C(C2=CC(=O)C(S(=O)(=O)[O-])=CC2=S(=O)(O)O)=C2C=CC(=[N+](CC)Cc3ccccc3)C=C2)cc1.[Ca+2]. The summed E-state index contributed by atoms with van der Waals surface area (Å²) in [6, 6.07) is 54.7. The van der Waals surface area contributed by atoms with E-state index in [4.69, 9.17) is 0 Å². The topological polar surface area (TPSA) is 276 Å². The number of allylic oxidation sites excluding steroid dienone is 20. The van der Waals surface area contributed by atoms with Gasteiger partial charge in [0, 0.05) is 84.1 Å². The number of ketones is 2. The van der Waals surface area contributed by atoms with Gasteiger partial charge in [0.1, 0.15) is 43.1 Å². The van der Waals surface area contributed by atoms with Crippen molar-refractivity contribution >= 4 is 133 Å². The van der Waals surface area contributed by atoms with E-state index in [1.54, 1.807) is 48.6 Å². The van der Waals surface area contributed by atoms with Gasteiger partial charge in [-0.1, -0.05) is 146 Å². The summed E-state index contributed by atoms with van der Waals surface area (Å²) < 4.78 is 142. The van der Waals surface area contributed by atoms with E-state index in [0.29, 0.717) is 71.8 Å². The molecule has 97 heavy (non-hydrogen) atoms. The first-order valence-electron chi connectivity index (χ1n) is 30.7. The first-order chi connectivity index (χ1) is 45.8. The third-order valence-corrected chi connectivity index (χ3v) is 19.8. The van der Waals surface area contributed by atoms with Crippen molar-refractivity contribution in [3.63, 3.8) is 0 Å². The smallest absolute Gasteiger partial charge is 0.744 e. The summed E-state index contributed by atoms with van der Waals surface area (Å²) >= 11 is 0. The molecule has 0 aliphatic heterocycles. The number of nitrogens with zero attached hydrogens (tertiary/aromatic N) is 4. The van der Waals surface area contributed by atoms with Crippen molar-refractivity contribution in [2.75, 3.05) is 36.0 Å². The van der Waals surface area contributed by atoms with Crippen molar-refractivity contribution in [2.24, 2.45) is 0 Å². The van der Waals surface area contributed by atoms with Crippen LogP contribution in [-0.4, -0.2) is 158 Å². The van der Waals surface area contributed by atoms with Crippen LogP contribution in [0.1, 0.15) is 61.1 Å². The normalized spacial score (nSPS) is 14.8. The number of hydrogen-bond acceptors (Lipinski definition) is 12. The Labute approximate surface area is 597 Å². The van der Waals surface area contributed by atoms with Gasteiger partial charge in [-0.05, 0) is 145 Å². The Morgan fingerprint density at radius 2 is 0.691 bits per heavy atom. The molecule has 0 bridgehead atoms. The number of hydrogen-bond donors (Lipinski definition) is 4. The molecule has 0 unspecified atom stereocenters. The summed E-state index contributed by atoms with van der Waals surface area (Å²) in [4.78, 5) is 26.4. The molecule has 18 nitrogen and oxygen atoms in total. The van der Waals surface area contributed by atoms with E-state index in [-0.39, 0.29) is 48.9 Å². The zero-order valence-electron chi connectivity index (χ0n) is 53.8. The summed E-state index contributed by atoms with van der Waals surface area (Å²) in [7, 11) is -20.3. The fraction of sp³-hybridized carbons (Fsp3) is 0.162. The van der Waals surface area contributed by atoms with Crippen molar-refractivity contribution in [2.45, 2.75) is 53.9 Å². The monoisotopic (exact) mass is 1410 g/mol. The van der Waals surface area contributed by atoms with Crippen LogP contribution in [0.2, 0.25) is 0 Å². The molecule has 0 saturated carbocycles. The van der Waals surface area contributed by atoms with Gasteiger partial charge in [0.05, 0.1) is 9.73 Å².